The molecule has 1 fully saturated rings. The highest BCUT2D eigenvalue weighted by Gasteiger charge is 2.36. The summed E-state index contributed by atoms with van der Waals surface area (Å²) in [5.74, 6) is 0. The number of hydrogen-bond acceptors (Lipinski definition) is 5. The van der Waals surface area contributed by atoms with Gasteiger partial charge >= 0.3 is 6.09 Å². The number of carbonyl (C=O) groups excluding carboxylic acids is 1. The molecular formula is C16H23NO5. The van der Waals surface area contributed by atoms with E-state index in [0.29, 0.717) is 13.2 Å². The maximum atomic E-state index is 12.2. The molecule has 2 unspecified atom stereocenters. The van der Waals surface area contributed by atoms with Gasteiger partial charge in [-0.15, -0.1) is 0 Å². The molecule has 0 aliphatic carbocycles. The Labute approximate surface area is 130 Å². The molecular weight excluding hydrogens is 286 g/mol. The number of ether oxygens (including phenoxy) is 2. The largest absolute Gasteiger partial charge is 0.445 e. The molecule has 0 saturated carbocycles. The summed E-state index contributed by atoms with van der Waals surface area (Å²) < 4.78 is 10.6. The molecule has 0 bridgehead atoms. The first kappa shape index (κ1) is 16.7. The van der Waals surface area contributed by atoms with Crippen LogP contribution in [0.1, 0.15) is 18.9 Å². The maximum Gasteiger partial charge on any atom is 0.410 e. The first-order valence-electron chi connectivity index (χ1n) is 7.42. The molecule has 122 valence electrons. The molecule has 2 atom stereocenters. The first-order valence-corrected chi connectivity index (χ1v) is 7.42. The molecule has 6 heteroatoms. The maximum absolute atomic E-state index is 12.2. The van der Waals surface area contributed by atoms with Crippen molar-refractivity contribution in [1.82, 2.24) is 4.90 Å². The average Bonchev–Trinajstić information content (AvgIpc) is 2.67. The molecule has 0 spiro atoms. The molecule has 0 radical (unpaired) electrons. The number of aliphatic hydroxyl groups excluding tert-OH is 1. The summed E-state index contributed by atoms with van der Waals surface area (Å²) in [7, 11) is 0. The van der Waals surface area contributed by atoms with Crippen LogP contribution in [0.15, 0.2) is 30.3 Å². The zero-order valence-electron chi connectivity index (χ0n) is 12.8. The van der Waals surface area contributed by atoms with E-state index < -0.39 is 17.8 Å². The van der Waals surface area contributed by atoms with Crippen LogP contribution in [0.2, 0.25) is 0 Å². The Morgan fingerprint density at radius 1 is 1.45 bits per heavy atom. The predicted octanol–water partition coefficient (Wildman–Crippen LogP) is 1.16. The van der Waals surface area contributed by atoms with Gasteiger partial charge in [0.25, 0.3) is 0 Å². The number of hydrogen-bond donors (Lipinski definition) is 2. The number of benzene rings is 1. The summed E-state index contributed by atoms with van der Waals surface area (Å²) in [5.41, 5.74) is -0.350. The van der Waals surface area contributed by atoms with E-state index >= 15 is 0 Å². The van der Waals surface area contributed by atoms with E-state index in [9.17, 15) is 15.0 Å². The average molecular weight is 309 g/mol. The van der Waals surface area contributed by atoms with Gasteiger partial charge in [-0.3, -0.25) is 0 Å². The van der Waals surface area contributed by atoms with E-state index in [1.165, 1.54) is 4.90 Å². The Kier molecular flexibility index (Phi) is 5.76. The van der Waals surface area contributed by atoms with Crippen molar-refractivity contribution in [2.45, 2.75) is 31.7 Å². The normalized spacial score (nSPS) is 23.7. The van der Waals surface area contributed by atoms with Gasteiger partial charge < -0.3 is 24.6 Å². The van der Waals surface area contributed by atoms with Gasteiger partial charge in [-0.05, 0) is 12.5 Å². The van der Waals surface area contributed by atoms with Gasteiger partial charge in [0, 0.05) is 13.0 Å². The van der Waals surface area contributed by atoms with Gasteiger partial charge in [-0.25, -0.2) is 4.79 Å². The zero-order chi connectivity index (χ0) is 16.0. The van der Waals surface area contributed by atoms with Crippen LogP contribution in [-0.4, -0.2) is 59.2 Å². The summed E-state index contributed by atoms with van der Waals surface area (Å²) in [6, 6.07) is 9.41. The van der Waals surface area contributed by atoms with Crippen LogP contribution in [0.5, 0.6) is 0 Å². The molecule has 1 aromatic rings. The minimum atomic E-state index is -1.25. The Hall–Kier alpha value is -1.63. The Morgan fingerprint density at radius 2 is 2.18 bits per heavy atom. The summed E-state index contributed by atoms with van der Waals surface area (Å²) >= 11 is 0. The number of aliphatic hydroxyl groups is 2. The van der Waals surface area contributed by atoms with Gasteiger partial charge in [0.05, 0.1) is 25.9 Å². The molecule has 22 heavy (non-hydrogen) atoms. The lowest BCUT2D eigenvalue weighted by Crippen LogP contribution is -2.48. The fourth-order valence-corrected chi connectivity index (χ4v) is 2.56. The van der Waals surface area contributed by atoms with Crippen molar-refractivity contribution in [3.63, 3.8) is 0 Å². The van der Waals surface area contributed by atoms with E-state index in [1.807, 2.05) is 30.3 Å². The Bertz CT molecular complexity index is 479. The minimum absolute atomic E-state index is 0.0888. The van der Waals surface area contributed by atoms with Crippen LogP contribution in [0.3, 0.4) is 0 Å². The van der Waals surface area contributed by atoms with Gasteiger partial charge in [-0.2, -0.15) is 0 Å². The Balaban J connectivity index is 1.93. The van der Waals surface area contributed by atoms with Crippen molar-refractivity contribution in [3.8, 4) is 0 Å². The lowest BCUT2D eigenvalue weighted by atomic mass is 9.97. The predicted molar refractivity (Wildman–Crippen MR) is 80.3 cm³/mol. The monoisotopic (exact) mass is 309 g/mol. The second kappa shape index (κ2) is 7.58. The van der Waals surface area contributed by atoms with E-state index in [1.54, 1.807) is 6.92 Å². The molecule has 1 amide bonds. The van der Waals surface area contributed by atoms with Crippen molar-refractivity contribution in [3.05, 3.63) is 35.9 Å². The van der Waals surface area contributed by atoms with Gasteiger partial charge in [0.2, 0.25) is 0 Å². The summed E-state index contributed by atoms with van der Waals surface area (Å²) in [6.07, 6.45) is -1.01. The SMILES string of the molecule is CC(O)CC1(O)COCCN(C(=O)OCc2ccccc2)C1. The van der Waals surface area contributed by atoms with Crippen molar-refractivity contribution in [1.29, 1.82) is 0 Å². The highest BCUT2D eigenvalue weighted by atomic mass is 16.6. The Morgan fingerprint density at radius 3 is 2.86 bits per heavy atom. The van der Waals surface area contributed by atoms with Crippen LogP contribution in [0, 0.1) is 0 Å². The van der Waals surface area contributed by atoms with Crippen molar-refractivity contribution in [2.24, 2.45) is 0 Å². The van der Waals surface area contributed by atoms with Crippen LogP contribution in [-0.2, 0) is 16.1 Å². The van der Waals surface area contributed by atoms with Crippen LogP contribution in [0.25, 0.3) is 0 Å². The quantitative estimate of drug-likeness (QED) is 0.872. The number of amides is 1. The molecule has 2 rings (SSSR count). The summed E-state index contributed by atoms with van der Waals surface area (Å²) in [5, 5.41) is 20.0. The minimum Gasteiger partial charge on any atom is -0.445 e. The number of β-amino-alcohol motifs (C(OH)–C–C–N with tert-alkyl or cyclic N) is 1. The number of rotatable bonds is 4. The molecule has 1 heterocycles. The van der Waals surface area contributed by atoms with Crippen molar-refractivity contribution >= 4 is 6.09 Å². The summed E-state index contributed by atoms with van der Waals surface area (Å²) in [6.45, 7) is 2.66. The van der Waals surface area contributed by atoms with Crippen LogP contribution in [0.4, 0.5) is 4.79 Å². The third kappa shape index (κ3) is 4.98. The van der Waals surface area contributed by atoms with Crippen molar-refractivity contribution in [2.75, 3.05) is 26.3 Å². The topological polar surface area (TPSA) is 79.2 Å². The third-order valence-electron chi connectivity index (χ3n) is 3.50. The highest BCUT2D eigenvalue weighted by Crippen LogP contribution is 2.19. The molecule has 0 aromatic heterocycles. The first-order chi connectivity index (χ1) is 10.5. The smallest absolute Gasteiger partial charge is 0.410 e. The second-order valence-electron chi connectivity index (χ2n) is 5.79. The van der Waals surface area contributed by atoms with E-state index in [0.717, 1.165) is 5.56 Å². The molecule has 1 aliphatic heterocycles. The fraction of sp³-hybridized carbons (Fsp3) is 0.562. The van der Waals surface area contributed by atoms with E-state index in [-0.39, 0.29) is 26.2 Å². The third-order valence-corrected chi connectivity index (χ3v) is 3.50. The molecule has 6 nitrogen and oxygen atoms in total. The van der Waals surface area contributed by atoms with E-state index in [2.05, 4.69) is 0 Å². The fourth-order valence-electron chi connectivity index (χ4n) is 2.56. The molecule has 1 aromatic carbocycles. The van der Waals surface area contributed by atoms with Crippen molar-refractivity contribution < 1.29 is 24.5 Å². The van der Waals surface area contributed by atoms with Gasteiger partial charge in [-0.1, -0.05) is 30.3 Å². The van der Waals surface area contributed by atoms with E-state index in [4.69, 9.17) is 9.47 Å². The molecule has 1 saturated heterocycles. The van der Waals surface area contributed by atoms with Gasteiger partial charge in [0.15, 0.2) is 0 Å². The second-order valence-corrected chi connectivity index (χ2v) is 5.79. The van der Waals surface area contributed by atoms with Crippen LogP contribution < -0.4 is 0 Å². The molecule has 2 N–H and O–H groups in total. The highest BCUT2D eigenvalue weighted by molar-refractivity contribution is 5.67. The molecule has 1 aliphatic rings. The zero-order valence-corrected chi connectivity index (χ0v) is 12.8. The lowest BCUT2D eigenvalue weighted by molar-refractivity contribution is -0.0625. The number of nitrogens with zero attached hydrogens (tertiary/aromatic N) is 1. The van der Waals surface area contributed by atoms with Crippen LogP contribution >= 0.6 is 0 Å². The lowest BCUT2D eigenvalue weighted by Gasteiger charge is -2.31. The van der Waals surface area contributed by atoms with Gasteiger partial charge in [0.1, 0.15) is 12.2 Å². The summed E-state index contributed by atoms with van der Waals surface area (Å²) in [4.78, 5) is 13.6. The number of carbonyl (C=O) groups is 1. The standard InChI is InChI=1S/C16H23NO5/c1-13(18)9-16(20)11-17(7-8-21-12-16)15(19)22-10-14-5-3-2-4-6-14/h2-6,13,18,20H,7-12H2,1H3.